The lowest BCUT2D eigenvalue weighted by Gasteiger charge is -2.26. The van der Waals surface area contributed by atoms with Gasteiger partial charge in [0.05, 0.1) is 65.6 Å². The maximum absolute atomic E-state index is 14.9. The summed E-state index contributed by atoms with van der Waals surface area (Å²) in [4.78, 5) is 33.1. The third kappa shape index (κ3) is 8.40. The molecule has 0 bridgehead atoms. The number of sulfonamides is 1. The number of aromatic nitrogens is 4. The monoisotopic (exact) mass is 808 g/mol. The van der Waals surface area contributed by atoms with Crippen molar-refractivity contribution >= 4 is 55.3 Å². The first kappa shape index (κ1) is 39.9. The predicted molar refractivity (Wildman–Crippen MR) is 209 cm³/mol. The first-order valence-corrected chi connectivity index (χ1v) is 19.4. The minimum atomic E-state index is -3.99. The molecule has 0 spiro atoms. The number of benzene rings is 4. The van der Waals surface area contributed by atoms with Crippen molar-refractivity contribution < 1.29 is 36.2 Å². The van der Waals surface area contributed by atoms with Gasteiger partial charge in [-0.05, 0) is 86.5 Å². The molecule has 2 heterocycles. The number of amides is 1. The highest BCUT2D eigenvalue weighted by Gasteiger charge is 2.31. The zero-order valence-corrected chi connectivity index (χ0v) is 33.1. The van der Waals surface area contributed by atoms with Gasteiger partial charge < -0.3 is 19.5 Å². The molecule has 0 unspecified atom stereocenters. The second-order valence-corrected chi connectivity index (χ2v) is 16.3. The summed E-state index contributed by atoms with van der Waals surface area (Å²) in [7, 11) is 0.538. The van der Waals surface area contributed by atoms with E-state index in [-0.39, 0.29) is 62.7 Å². The van der Waals surface area contributed by atoms with Crippen LogP contribution in [0.15, 0.2) is 77.6 Å². The van der Waals surface area contributed by atoms with Crippen LogP contribution >= 0.6 is 11.6 Å². The Labute approximate surface area is 326 Å². The van der Waals surface area contributed by atoms with E-state index in [1.807, 2.05) is 0 Å². The first-order chi connectivity index (χ1) is 26.4. The van der Waals surface area contributed by atoms with Crippen LogP contribution in [0, 0.1) is 11.6 Å². The first-order valence-electron chi connectivity index (χ1n) is 17.2. The molecule has 17 heteroatoms. The van der Waals surface area contributed by atoms with Crippen molar-refractivity contribution in [2.24, 2.45) is 7.05 Å². The van der Waals surface area contributed by atoms with Crippen LogP contribution in [0.25, 0.3) is 27.5 Å². The lowest BCUT2D eigenvalue weighted by atomic mass is 10.0. The average molecular weight is 809 g/mol. The number of hydrogen-bond donors (Lipinski definition) is 1. The van der Waals surface area contributed by atoms with E-state index >= 15 is 0 Å². The molecular weight excluding hydrogens is 770 g/mol. The summed E-state index contributed by atoms with van der Waals surface area (Å²) < 4.78 is 75.9. The minimum Gasteiger partial charge on any atom is -0.497 e. The highest BCUT2D eigenvalue weighted by molar-refractivity contribution is 7.92. The van der Waals surface area contributed by atoms with Crippen LogP contribution in [0.3, 0.4) is 0 Å². The summed E-state index contributed by atoms with van der Waals surface area (Å²) in [5, 5.41) is 7.83. The molecule has 1 amide bonds. The van der Waals surface area contributed by atoms with Gasteiger partial charge >= 0.3 is 6.09 Å². The Bertz CT molecular complexity index is 2620. The van der Waals surface area contributed by atoms with E-state index in [9.17, 15) is 26.8 Å². The molecule has 0 aliphatic heterocycles. The second-order valence-electron chi connectivity index (χ2n) is 14.0. The molecule has 6 rings (SSSR count). The van der Waals surface area contributed by atoms with Gasteiger partial charge in [-0.3, -0.25) is 14.0 Å². The number of alkyl carbamates (subject to hydrolysis) is 1. The molecule has 0 aliphatic carbocycles. The molecule has 0 saturated heterocycles. The number of methoxy groups -OCH3 is 2. The summed E-state index contributed by atoms with van der Waals surface area (Å²) >= 11 is 6.86. The average Bonchev–Trinajstić information content (AvgIpc) is 3.46. The summed E-state index contributed by atoms with van der Waals surface area (Å²) in [6.07, 6.45) is -0.0827. The summed E-state index contributed by atoms with van der Waals surface area (Å²) in [6, 6.07) is 16.3. The summed E-state index contributed by atoms with van der Waals surface area (Å²) in [5.74, 6) is -0.817. The molecule has 0 radical (unpaired) electrons. The highest BCUT2D eigenvalue weighted by Crippen LogP contribution is 2.38. The van der Waals surface area contributed by atoms with E-state index in [4.69, 9.17) is 30.8 Å². The molecule has 0 saturated carbocycles. The Kier molecular flexibility index (Phi) is 11.0. The van der Waals surface area contributed by atoms with Crippen LogP contribution in [0.4, 0.5) is 19.4 Å². The second kappa shape index (κ2) is 15.4. The Morgan fingerprint density at radius 3 is 2.20 bits per heavy atom. The van der Waals surface area contributed by atoms with Crippen LogP contribution in [0.5, 0.6) is 11.5 Å². The SMILES string of the molecule is COc1ccc(CN(c2nn(C)c3c(-n4c([C@H](Cc5cc(F)cc(F)c5)NC(=O)OC(C)(C)C)nc5ccc(OC)cc5c4=O)ccc(Cl)c23)S(C)(=O)=O)cc1. The molecule has 0 fully saturated rings. The van der Waals surface area contributed by atoms with Gasteiger partial charge in [0.1, 0.15) is 34.6 Å². The van der Waals surface area contributed by atoms with Crippen LogP contribution < -0.4 is 24.7 Å². The fourth-order valence-corrected chi connectivity index (χ4v) is 7.40. The van der Waals surface area contributed by atoms with Crippen molar-refractivity contribution in [3.05, 3.63) is 117 Å². The third-order valence-electron chi connectivity index (χ3n) is 8.73. The topological polar surface area (TPSA) is 147 Å². The van der Waals surface area contributed by atoms with E-state index in [1.165, 1.54) is 41.7 Å². The fourth-order valence-electron chi connectivity index (χ4n) is 6.34. The largest absolute Gasteiger partial charge is 0.497 e. The molecule has 2 aromatic heterocycles. The fraction of sp³-hybridized carbons (Fsp3) is 0.282. The van der Waals surface area contributed by atoms with Gasteiger partial charge in [-0.25, -0.2) is 31.3 Å². The van der Waals surface area contributed by atoms with E-state index < -0.39 is 45.0 Å². The Hall–Kier alpha value is -5.74. The molecule has 13 nitrogen and oxygen atoms in total. The maximum Gasteiger partial charge on any atom is 0.408 e. The van der Waals surface area contributed by atoms with Gasteiger partial charge in [-0.1, -0.05) is 23.7 Å². The number of carbonyl (C=O) groups excluding carboxylic acids is 1. The zero-order valence-electron chi connectivity index (χ0n) is 31.6. The molecule has 1 N–H and O–H groups in total. The number of aryl methyl sites for hydroxylation is 1. The number of nitrogens with zero attached hydrogens (tertiary/aromatic N) is 5. The van der Waals surface area contributed by atoms with Gasteiger partial charge in [0.15, 0.2) is 5.82 Å². The van der Waals surface area contributed by atoms with Crippen LogP contribution in [-0.2, 0) is 34.8 Å². The quantitative estimate of drug-likeness (QED) is 0.146. The van der Waals surface area contributed by atoms with E-state index in [2.05, 4.69) is 10.4 Å². The molecule has 4 aromatic carbocycles. The lowest BCUT2D eigenvalue weighted by Crippen LogP contribution is -2.39. The smallest absolute Gasteiger partial charge is 0.408 e. The van der Waals surface area contributed by atoms with Crippen molar-refractivity contribution in [3.63, 3.8) is 0 Å². The molecule has 1 atom stereocenters. The summed E-state index contributed by atoms with van der Waals surface area (Å²) in [5.41, 5.74) is -0.170. The van der Waals surface area contributed by atoms with E-state index in [1.54, 1.807) is 64.2 Å². The van der Waals surface area contributed by atoms with Crippen LogP contribution in [0.1, 0.15) is 43.8 Å². The van der Waals surface area contributed by atoms with Gasteiger partial charge in [0.2, 0.25) is 10.0 Å². The molecule has 294 valence electrons. The lowest BCUT2D eigenvalue weighted by molar-refractivity contribution is 0.0500. The van der Waals surface area contributed by atoms with Crippen molar-refractivity contribution in [3.8, 4) is 17.2 Å². The van der Waals surface area contributed by atoms with E-state index in [0.717, 1.165) is 28.8 Å². The summed E-state index contributed by atoms with van der Waals surface area (Å²) in [6.45, 7) is 4.88. The maximum atomic E-state index is 14.9. The van der Waals surface area contributed by atoms with Crippen molar-refractivity contribution in [2.75, 3.05) is 24.8 Å². The highest BCUT2D eigenvalue weighted by atomic mass is 35.5. The molecule has 0 aliphatic rings. The van der Waals surface area contributed by atoms with Gasteiger partial charge in [-0.15, -0.1) is 0 Å². The Morgan fingerprint density at radius 2 is 1.59 bits per heavy atom. The van der Waals surface area contributed by atoms with Gasteiger partial charge in [-0.2, -0.15) is 5.10 Å². The number of ether oxygens (including phenoxy) is 3. The predicted octanol–water partition coefficient (Wildman–Crippen LogP) is 7.00. The van der Waals surface area contributed by atoms with E-state index in [0.29, 0.717) is 17.1 Å². The zero-order chi connectivity index (χ0) is 40.7. The normalized spacial score (nSPS) is 12.5. The number of hydrogen-bond acceptors (Lipinski definition) is 9. The number of carbonyl (C=O) groups is 1. The van der Waals surface area contributed by atoms with Gasteiger partial charge in [0.25, 0.3) is 5.56 Å². The van der Waals surface area contributed by atoms with Crippen molar-refractivity contribution in [1.29, 1.82) is 0 Å². The van der Waals surface area contributed by atoms with Crippen LogP contribution in [0.2, 0.25) is 5.02 Å². The Morgan fingerprint density at radius 1 is 0.946 bits per heavy atom. The number of halogens is 3. The molecule has 6 aromatic rings. The van der Waals surface area contributed by atoms with Crippen molar-refractivity contribution in [1.82, 2.24) is 24.6 Å². The number of anilines is 1. The molecular formula is C39H39ClF2N6O7S. The Balaban J connectivity index is 1.64. The van der Waals surface area contributed by atoms with Crippen LogP contribution in [-0.4, -0.2) is 59.9 Å². The number of nitrogens with one attached hydrogen (secondary N) is 1. The van der Waals surface area contributed by atoms with Crippen molar-refractivity contribution in [2.45, 2.75) is 45.4 Å². The standard InChI is InChI=1S/C39H39ClF2N6O7S/c1-39(2,3)55-38(50)44-31(18-23-16-24(41)19-25(42)17-23)35-43-30-14-12-27(54-6)20-28(30)37(49)48(35)32-15-13-29(40)33-34(32)46(4)45-36(33)47(56(7,51)52)21-22-8-10-26(53-5)11-9-22/h8-17,19-20,31H,18,21H2,1-7H3,(H,44,50)/t31-/m0/s1. The van der Waals surface area contributed by atoms with Gasteiger partial charge in [0, 0.05) is 19.5 Å². The molecule has 56 heavy (non-hydrogen) atoms. The third-order valence-corrected chi connectivity index (χ3v) is 10.1. The minimum absolute atomic E-state index is 0.0173. The number of rotatable bonds is 11. The number of fused-ring (bicyclic) bond motifs is 2.